The Morgan fingerprint density at radius 1 is 1.39 bits per heavy atom. The van der Waals surface area contributed by atoms with Crippen LogP contribution in [0.5, 0.6) is 0 Å². The van der Waals surface area contributed by atoms with E-state index in [2.05, 4.69) is 26.2 Å². The van der Waals surface area contributed by atoms with Gasteiger partial charge in [-0.05, 0) is 28.1 Å². The van der Waals surface area contributed by atoms with Crippen LogP contribution in [-0.2, 0) is 7.05 Å². The van der Waals surface area contributed by atoms with Crippen LogP contribution in [0.25, 0.3) is 0 Å². The van der Waals surface area contributed by atoms with Crippen molar-refractivity contribution in [3.63, 3.8) is 0 Å². The molecule has 0 saturated heterocycles. The van der Waals surface area contributed by atoms with Crippen LogP contribution in [0.2, 0.25) is 5.02 Å². The molecule has 94 valence electrons. The van der Waals surface area contributed by atoms with Gasteiger partial charge in [0.2, 0.25) is 5.78 Å². The summed E-state index contributed by atoms with van der Waals surface area (Å²) in [6, 6.07) is 1.50. The van der Waals surface area contributed by atoms with E-state index in [1.54, 1.807) is 0 Å². The van der Waals surface area contributed by atoms with Gasteiger partial charge in [-0.2, -0.15) is 0 Å². The Morgan fingerprint density at radius 3 is 2.61 bits per heavy atom. The molecule has 18 heavy (non-hydrogen) atoms. The van der Waals surface area contributed by atoms with E-state index >= 15 is 0 Å². The second-order valence-electron chi connectivity index (χ2n) is 3.43. The third-order valence-electron chi connectivity index (χ3n) is 2.26. The number of ketones is 1. The van der Waals surface area contributed by atoms with Crippen LogP contribution in [0.1, 0.15) is 16.1 Å². The standard InChI is InChI=1S/C10H5BrClF2N3O/c1-17-8(10(11)15-16-17)9(18)4-2-7(14)5(12)3-6(4)13/h2-3H,1H3. The number of aromatic nitrogens is 3. The highest BCUT2D eigenvalue weighted by molar-refractivity contribution is 9.10. The molecule has 0 aliphatic rings. The molecule has 2 aromatic rings. The molecular weight excluding hydrogens is 331 g/mol. The number of carbonyl (C=O) groups excluding carboxylic acids is 1. The van der Waals surface area contributed by atoms with Gasteiger partial charge in [0.15, 0.2) is 4.60 Å². The number of benzene rings is 1. The normalized spacial score (nSPS) is 10.7. The highest BCUT2D eigenvalue weighted by Gasteiger charge is 2.23. The molecule has 0 saturated carbocycles. The second-order valence-corrected chi connectivity index (χ2v) is 4.59. The number of rotatable bonds is 2. The molecule has 0 radical (unpaired) electrons. The van der Waals surface area contributed by atoms with Crippen molar-refractivity contribution in [2.45, 2.75) is 0 Å². The van der Waals surface area contributed by atoms with Crippen molar-refractivity contribution in [1.82, 2.24) is 15.0 Å². The van der Waals surface area contributed by atoms with E-state index in [9.17, 15) is 13.6 Å². The lowest BCUT2D eigenvalue weighted by Crippen LogP contribution is -2.11. The number of hydrogen-bond acceptors (Lipinski definition) is 3. The Kier molecular flexibility index (Phi) is 3.45. The van der Waals surface area contributed by atoms with E-state index in [0.29, 0.717) is 0 Å². The lowest BCUT2D eigenvalue weighted by atomic mass is 10.1. The van der Waals surface area contributed by atoms with Crippen LogP contribution in [-0.4, -0.2) is 20.8 Å². The van der Waals surface area contributed by atoms with E-state index in [-0.39, 0.29) is 15.3 Å². The number of halogens is 4. The average Bonchev–Trinajstić information content (AvgIpc) is 2.63. The Bertz CT molecular complexity index is 625. The number of aryl methyl sites for hydroxylation is 1. The van der Waals surface area contributed by atoms with Crippen LogP contribution in [0.15, 0.2) is 16.7 Å². The minimum atomic E-state index is -0.903. The maximum atomic E-state index is 13.6. The van der Waals surface area contributed by atoms with Crippen molar-refractivity contribution >= 4 is 33.3 Å². The van der Waals surface area contributed by atoms with Gasteiger partial charge in [0.1, 0.15) is 17.3 Å². The first kappa shape index (κ1) is 13.1. The first-order valence-corrected chi connectivity index (χ1v) is 5.83. The molecule has 0 unspecified atom stereocenters. The molecule has 0 spiro atoms. The number of carbonyl (C=O) groups is 1. The molecule has 0 amide bonds. The third kappa shape index (κ3) is 2.15. The topological polar surface area (TPSA) is 47.8 Å². The van der Waals surface area contributed by atoms with Gasteiger partial charge in [0, 0.05) is 7.05 Å². The number of hydrogen-bond donors (Lipinski definition) is 0. The Balaban J connectivity index is 2.57. The monoisotopic (exact) mass is 335 g/mol. The molecule has 0 N–H and O–H groups in total. The summed E-state index contributed by atoms with van der Waals surface area (Å²) in [5.41, 5.74) is -0.404. The van der Waals surface area contributed by atoms with E-state index in [1.807, 2.05) is 0 Å². The van der Waals surface area contributed by atoms with Gasteiger partial charge in [-0.1, -0.05) is 16.8 Å². The molecule has 2 rings (SSSR count). The summed E-state index contributed by atoms with van der Waals surface area (Å²) in [5.74, 6) is -2.50. The first-order valence-electron chi connectivity index (χ1n) is 4.66. The Labute approximate surface area is 114 Å². The van der Waals surface area contributed by atoms with E-state index in [0.717, 1.165) is 12.1 Å². The quantitative estimate of drug-likeness (QED) is 0.626. The first-order chi connectivity index (χ1) is 8.41. The summed E-state index contributed by atoms with van der Waals surface area (Å²) in [6.45, 7) is 0. The smallest absolute Gasteiger partial charge is 0.216 e. The zero-order valence-corrected chi connectivity index (χ0v) is 11.3. The highest BCUT2D eigenvalue weighted by atomic mass is 79.9. The maximum absolute atomic E-state index is 13.6. The average molecular weight is 337 g/mol. The lowest BCUT2D eigenvalue weighted by molar-refractivity contribution is 0.102. The largest absolute Gasteiger partial charge is 0.287 e. The van der Waals surface area contributed by atoms with E-state index in [4.69, 9.17) is 11.6 Å². The third-order valence-corrected chi connectivity index (χ3v) is 3.08. The maximum Gasteiger partial charge on any atom is 0.216 e. The van der Waals surface area contributed by atoms with Crippen molar-refractivity contribution < 1.29 is 13.6 Å². The van der Waals surface area contributed by atoms with Gasteiger partial charge in [0.05, 0.1) is 10.6 Å². The van der Waals surface area contributed by atoms with Crippen molar-refractivity contribution in [3.8, 4) is 0 Å². The summed E-state index contributed by atoms with van der Waals surface area (Å²) in [5, 5.41) is 6.80. The molecule has 0 bridgehead atoms. The van der Waals surface area contributed by atoms with Crippen LogP contribution in [0.3, 0.4) is 0 Å². The van der Waals surface area contributed by atoms with Crippen LogP contribution in [0.4, 0.5) is 8.78 Å². The van der Waals surface area contributed by atoms with Gasteiger partial charge in [-0.3, -0.25) is 4.79 Å². The van der Waals surface area contributed by atoms with Crippen molar-refractivity contribution in [3.05, 3.63) is 44.7 Å². The van der Waals surface area contributed by atoms with E-state index < -0.39 is 23.0 Å². The van der Waals surface area contributed by atoms with Gasteiger partial charge >= 0.3 is 0 Å². The summed E-state index contributed by atoms with van der Waals surface area (Å²) in [7, 11) is 1.47. The van der Waals surface area contributed by atoms with Gasteiger partial charge in [-0.25, -0.2) is 13.5 Å². The Hall–Kier alpha value is -1.34. The molecule has 1 heterocycles. The molecule has 1 aromatic heterocycles. The zero-order chi connectivity index (χ0) is 13.4. The molecule has 1 aromatic carbocycles. The molecule has 0 fully saturated rings. The zero-order valence-electron chi connectivity index (χ0n) is 8.92. The fourth-order valence-corrected chi connectivity index (χ4v) is 2.05. The van der Waals surface area contributed by atoms with Gasteiger partial charge in [0.25, 0.3) is 0 Å². The molecule has 8 heteroatoms. The summed E-state index contributed by atoms with van der Waals surface area (Å²) < 4.78 is 28.2. The van der Waals surface area contributed by atoms with Crippen LogP contribution >= 0.6 is 27.5 Å². The van der Waals surface area contributed by atoms with Gasteiger partial charge in [-0.15, -0.1) is 5.10 Å². The minimum absolute atomic E-state index is 0.0237. The SMILES string of the molecule is Cn1nnc(Br)c1C(=O)c1cc(F)c(Cl)cc1F. The second kappa shape index (κ2) is 4.74. The molecular formula is C10H5BrClF2N3O. The Morgan fingerprint density at radius 2 is 2.06 bits per heavy atom. The fraction of sp³-hybridized carbons (Fsp3) is 0.100. The molecule has 4 nitrogen and oxygen atoms in total. The predicted molar refractivity (Wildman–Crippen MR) is 63.5 cm³/mol. The summed E-state index contributed by atoms with van der Waals surface area (Å²) in [6.07, 6.45) is 0. The lowest BCUT2D eigenvalue weighted by Gasteiger charge is -2.04. The predicted octanol–water partition coefficient (Wildman–Crippen LogP) is 2.74. The summed E-state index contributed by atoms with van der Waals surface area (Å²) >= 11 is 8.43. The van der Waals surface area contributed by atoms with Crippen molar-refractivity contribution in [1.29, 1.82) is 0 Å². The molecule has 0 aliphatic heterocycles. The van der Waals surface area contributed by atoms with Gasteiger partial charge < -0.3 is 0 Å². The van der Waals surface area contributed by atoms with Crippen molar-refractivity contribution in [2.75, 3.05) is 0 Å². The number of nitrogens with zero attached hydrogens (tertiary/aromatic N) is 3. The van der Waals surface area contributed by atoms with Crippen molar-refractivity contribution in [2.24, 2.45) is 7.05 Å². The fourth-order valence-electron chi connectivity index (χ4n) is 1.40. The molecule has 0 aliphatic carbocycles. The van der Waals surface area contributed by atoms with E-state index in [1.165, 1.54) is 11.7 Å². The van der Waals surface area contributed by atoms with Crippen LogP contribution in [0, 0.1) is 11.6 Å². The molecule has 0 atom stereocenters. The highest BCUT2D eigenvalue weighted by Crippen LogP contribution is 2.23. The summed E-state index contributed by atoms with van der Waals surface area (Å²) in [4.78, 5) is 12.1. The van der Waals surface area contributed by atoms with Crippen LogP contribution < -0.4 is 0 Å². The minimum Gasteiger partial charge on any atom is -0.287 e.